The van der Waals surface area contributed by atoms with E-state index in [-0.39, 0.29) is 0 Å². The molecule has 0 aromatic carbocycles. The van der Waals surface area contributed by atoms with E-state index in [9.17, 15) is 4.79 Å². The number of carbonyl (C=O) groups is 1. The second-order valence-electron chi connectivity index (χ2n) is 5.49. The van der Waals surface area contributed by atoms with Crippen molar-refractivity contribution in [3.63, 3.8) is 0 Å². The molecule has 0 saturated heterocycles. The van der Waals surface area contributed by atoms with Crippen molar-refractivity contribution in [2.45, 2.75) is 52.5 Å². The number of aldehydes is 1. The fourth-order valence-electron chi connectivity index (χ4n) is 2.19. The zero-order chi connectivity index (χ0) is 12.4. The van der Waals surface area contributed by atoms with Gasteiger partial charge in [0.1, 0.15) is 5.69 Å². The molecule has 0 aliphatic heterocycles. The van der Waals surface area contributed by atoms with Crippen LogP contribution < -0.4 is 0 Å². The topological polar surface area (TPSA) is 47.8 Å². The zero-order valence-electron chi connectivity index (χ0n) is 10.9. The average molecular weight is 235 g/mol. The van der Waals surface area contributed by atoms with E-state index in [4.69, 9.17) is 0 Å². The van der Waals surface area contributed by atoms with Crippen molar-refractivity contribution in [1.82, 2.24) is 15.0 Å². The van der Waals surface area contributed by atoms with Crippen LogP contribution in [0.1, 0.15) is 62.3 Å². The van der Waals surface area contributed by atoms with Gasteiger partial charge in [0.05, 0.1) is 11.7 Å². The van der Waals surface area contributed by atoms with Crippen LogP contribution in [0.2, 0.25) is 0 Å². The molecule has 1 saturated carbocycles. The van der Waals surface area contributed by atoms with Crippen LogP contribution in [0.5, 0.6) is 0 Å². The summed E-state index contributed by atoms with van der Waals surface area (Å²) in [5.41, 5.74) is 1.55. The summed E-state index contributed by atoms with van der Waals surface area (Å²) in [5, 5.41) is 8.15. The molecule has 94 valence electrons. The van der Waals surface area contributed by atoms with Crippen molar-refractivity contribution in [3.05, 3.63) is 11.4 Å². The number of hydrogen-bond donors (Lipinski definition) is 0. The fraction of sp³-hybridized carbons (Fsp3) is 0.769. The summed E-state index contributed by atoms with van der Waals surface area (Å²) in [6.07, 6.45) is 5.36. The molecule has 1 fully saturated rings. The third-order valence-corrected chi connectivity index (χ3v) is 3.58. The second kappa shape index (κ2) is 4.98. The molecule has 1 unspecified atom stereocenters. The van der Waals surface area contributed by atoms with Gasteiger partial charge >= 0.3 is 0 Å². The summed E-state index contributed by atoms with van der Waals surface area (Å²) in [6.45, 7) is 6.57. The first kappa shape index (κ1) is 12.3. The first-order chi connectivity index (χ1) is 8.13. The van der Waals surface area contributed by atoms with E-state index in [1.165, 1.54) is 12.8 Å². The molecule has 1 aliphatic carbocycles. The smallest absolute Gasteiger partial charge is 0.172 e. The van der Waals surface area contributed by atoms with Gasteiger partial charge in [-0.2, -0.15) is 0 Å². The molecule has 4 heteroatoms. The van der Waals surface area contributed by atoms with Gasteiger partial charge in [-0.3, -0.25) is 4.79 Å². The van der Waals surface area contributed by atoms with Crippen LogP contribution in [0.15, 0.2) is 0 Å². The predicted molar refractivity (Wildman–Crippen MR) is 66.0 cm³/mol. The number of aromatic nitrogens is 3. The van der Waals surface area contributed by atoms with Crippen LogP contribution in [0.25, 0.3) is 0 Å². The van der Waals surface area contributed by atoms with Crippen LogP contribution in [-0.2, 0) is 6.42 Å². The molecule has 1 aliphatic rings. The molecule has 2 rings (SSSR count). The van der Waals surface area contributed by atoms with Crippen molar-refractivity contribution in [1.29, 1.82) is 0 Å². The summed E-state index contributed by atoms with van der Waals surface area (Å²) in [4.78, 5) is 11.0. The lowest BCUT2D eigenvalue weighted by Crippen LogP contribution is -2.13. The standard InChI is InChI=1S/C13H21N3O/c1-9(2)4-7-13-12(8-17)14-15-16(13)10(3)11-5-6-11/h8-11H,4-7H2,1-3H3. The molecule has 17 heavy (non-hydrogen) atoms. The highest BCUT2D eigenvalue weighted by Crippen LogP contribution is 2.39. The first-order valence-electron chi connectivity index (χ1n) is 6.52. The highest BCUT2D eigenvalue weighted by molar-refractivity contribution is 5.73. The summed E-state index contributed by atoms with van der Waals surface area (Å²) >= 11 is 0. The molecule has 1 aromatic heterocycles. The number of rotatable bonds is 6. The molecular weight excluding hydrogens is 214 g/mol. The maximum absolute atomic E-state index is 11.0. The van der Waals surface area contributed by atoms with E-state index in [0.717, 1.165) is 30.7 Å². The van der Waals surface area contributed by atoms with Crippen molar-refractivity contribution in [2.24, 2.45) is 11.8 Å². The minimum atomic E-state index is 0.387. The SMILES string of the molecule is CC(C)CCc1c(C=O)nnn1C(C)C1CC1. The number of nitrogens with zero attached hydrogens (tertiary/aromatic N) is 3. The fourth-order valence-corrected chi connectivity index (χ4v) is 2.19. The molecule has 0 amide bonds. The molecule has 0 spiro atoms. The second-order valence-corrected chi connectivity index (χ2v) is 5.49. The van der Waals surface area contributed by atoms with Crippen LogP contribution in [0.4, 0.5) is 0 Å². The molecule has 0 N–H and O–H groups in total. The Balaban J connectivity index is 2.18. The lowest BCUT2D eigenvalue weighted by molar-refractivity contribution is 0.111. The number of carbonyl (C=O) groups excluding carboxylic acids is 1. The van der Waals surface area contributed by atoms with Crippen LogP contribution >= 0.6 is 0 Å². The normalized spacial score (nSPS) is 17.4. The molecule has 1 atom stereocenters. The Bertz CT molecular complexity index is 393. The van der Waals surface area contributed by atoms with Gasteiger partial charge in [-0.15, -0.1) is 5.10 Å². The van der Waals surface area contributed by atoms with Crippen molar-refractivity contribution in [3.8, 4) is 0 Å². The molecular formula is C13H21N3O. The summed E-state index contributed by atoms with van der Waals surface area (Å²) in [5.74, 6) is 1.36. The summed E-state index contributed by atoms with van der Waals surface area (Å²) in [7, 11) is 0. The Morgan fingerprint density at radius 2 is 2.12 bits per heavy atom. The van der Waals surface area contributed by atoms with E-state index in [1.807, 2.05) is 4.68 Å². The van der Waals surface area contributed by atoms with E-state index in [0.29, 0.717) is 17.7 Å². The Kier molecular flexibility index (Phi) is 3.60. The first-order valence-corrected chi connectivity index (χ1v) is 6.52. The molecule has 1 aromatic rings. The van der Waals surface area contributed by atoms with Crippen molar-refractivity contribution >= 4 is 6.29 Å². The Morgan fingerprint density at radius 3 is 2.65 bits per heavy atom. The lowest BCUT2D eigenvalue weighted by Gasteiger charge is -2.14. The monoisotopic (exact) mass is 235 g/mol. The van der Waals surface area contributed by atoms with E-state index < -0.39 is 0 Å². The minimum absolute atomic E-state index is 0.387. The third kappa shape index (κ3) is 2.73. The maximum Gasteiger partial charge on any atom is 0.172 e. The quantitative estimate of drug-likeness (QED) is 0.712. The Hall–Kier alpha value is -1.19. The molecule has 4 nitrogen and oxygen atoms in total. The van der Waals surface area contributed by atoms with Gasteiger partial charge in [0.2, 0.25) is 0 Å². The van der Waals surface area contributed by atoms with Crippen molar-refractivity contribution in [2.75, 3.05) is 0 Å². The van der Waals surface area contributed by atoms with Gasteiger partial charge < -0.3 is 0 Å². The zero-order valence-corrected chi connectivity index (χ0v) is 10.9. The van der Waals surface area contributed by atoms with Gasteiger partial charge in [-0.1, -0.05) is 19.1 Å². The van der Waals surface area contributed by atoms with Gasteiger partial charge in [0, 0.05) is 0 Å². The highest BCUT2D eigenvalue weighted by atomic mass is 16.1. The lowest BCUT2D eigenvalue weighted by atomic mass is 10.0. The van der Waals surface area contributed by atoms with Crippen LogP contribution in [0, 0.1) is 11.8 Å². The van der Waals surface area contributed by atoms with Gasteiger partial charge in [-0.05, 0) is 44.4 Å². The van der Waals surface area contributed by atoms with Gasteiger partial charge in [0.25, 0.3) is 0 Å². The van der Waals surface area contributed by atoms with Crippen LogP contribution in [0.3, 0.4) is 0 Å². The molecule has 0 radical (unpaired) electrons. The van der Waals surface area contributed by atoms with Gasteiger partial charge in [0.15, 0.2) is 6.29 Å². The van der Waals surface area contributed by atoms with Crippen LogP contribution in [-0.4, -0.2) is 21.3 Å². The van der Waals surface area contributed by atoms with E-state index in [1.54, 1.807) is 0 Å². The van der Waals surface area contributed by atoms with E-state index >= 15 is 0 Å². The number of hydrogen-bond acceptors (Lipinski definition) is 3. The van der Waals surface area contributed by atoms with E-state index in [2.05, 4.69) is 31.1 Å². The summed E-state index contributed by atoms with van der Waals surface area (Å²) in [6, 6.07) is 0.387. The van der Waals surface area contributed by atoms with Gasteiger partial charge in [-0.25, -0.2) is 4.68 Å². The maximum atomic E-state index is 11.0. The van der Waals surface area contributed by atoms with Crippen molar-refractivity contribution < 1.29 is 4.79 Å². The third-order valence-electron chi connectivity index (χ3n) is 3.58. The molecule has 1 heterocycles. The predicted octanol–water partition coefficient (Wildman–Crippen LogP) is 2.65. The molecule has 0 bridgehead atoms. The minimum Gasteiger partial charge on any atom is -0.296 e. The Morgan fingerprint density at radius 1 is 1.41 bits per heavy atom. The Labute approximate surface area is 102 Å². The summed E-state index contributed by atoms with van der Waals surface area (Å²) < 4.78 is 1.98. The largest absolute Gasteiger partial charge is 0.296 e. The highest BCUT2D eigenvalue weighted by Gasteiger charge is 2.31. The average Bonchev–Trinajstić information content (AvgIpc) is 3.05.